The molecule has 9 heteroatoms. The lowest BCUT2D eigenvalue weighted by Gasteiger charge is -2.14. The van der Waals surface area contributed by atoms with E-state index in [-0.39, 0.29) is 23.7 Å². The van der Waals surface area contributed by atoms with E-state index >= 15 is 0 Å². The predicted octanol–water partition coefficient (Wildman–Crippen LogP) is 3.49. The van der Waals surface area contributed by atoms with E-state index in [0.717, 1.165) is 5.56 Å². The van der Waals surface area contributed by atoms with Crippen LogP contribution in [0.5, 0.6) is 0 Å². The van der Waals surface area contributed by atoms with Gasteiger partial charge < -0.3 is 10.6 Å². The van der Waals surface area contributed by atoms with Gasteiger partial charge in [0.1, 0.15) is 11.5 Å². The van der Waals surface area contributed by atoms with Gasteiger partial charge in [-0.25, -0.2) is 9.78 Å². The smallest absolute Gasteiger partial charge is 0.320 e. The van der Waals surface area contributed by atoms with Crippen molar-refractivity contribution in [2.75, 3.05) is 10.6 Å². The molecule has 0 unspecified atom stereocenters. The molecule has 0 aliphatic carbocycles. The SMILES string of the molecule is C[C@@H](NC(=O)Nc1cc2[nH]nc(NC(=O)c3ccccn3)c2cn1)c1ccccc1. The number of carbonyl (C=O) groups is 2. The highest BCUT2D eigenvalue weighted by Gasteiger charge is 2.14. The molecule has 4 rings (SSSR count). The number of hydrogen-bond donors (Lipinski definition) is 4. The van der Waals surface area contributed by atoms with Gasteiger partial charge in [-0.3, -0.25) is 20.2 Å². The third-order valence-electron chi connectivity index (χ3n) is 4.47. The summed E-state index contributed by atoms with van der Waals surface area (Å²) < 4.78 is 0. The highest BCUT2D eigenvalue weighted by Crippen LogP contribution is 2.22. The summed E-state index contributed by atoms with van der Waals surface area (Å²) in [5, 5.41) is 15.8. The molecule has 0 bridgehead atoms. The summed E-state index contributed by atoms with van der Waals surface area (Å²) in [5.41, 5.74) is 1.90. The van der Waals surface area contributed by atoms with E-state index in [0.29, 0.717) is 22.5 Å². The van der Waals surface area contributed by atoms with Crippen LogP contribution in [0.3, 0.4) is 0 Å². The van der Waals surface area contributed by atoms with Crippen LogP contribution in [0.25, 0.3) is 10.9 Å². The van der Waals surface area contributed by atoms with Gasteiger partial charge in [0.2, 0.25) is 0 Å². The highest BCUT2D eigenvalue weighted by molar-refractivity contribution is 6.07. The topological polar surface area (TPSA) is 125 Å². The minimum absolute atomic E-state index is 0.157. The van der Waals surface area contributed by atoms with Gasteiger partial charge in [0.05, 0.1) is 16.9 Å². The van der Waals surface area contributed by atoms with Crippen molar-refractivity contribution in [3.05, 3.63) is 78.2 Å². The molecule has 150 valence electrons. The number of nitrogens with zero attached hydrogens (tertiary/aromatic N) is 3. The Morgan fingerprint density at radius 3 is 2.57 bits per heavy atom. The van der Waals surface area contributed by atoms with E-state index in [1.165, 1.54) is 6.20 Å². The number of benzene rings is 1. The van der Waals surface area contributed by atoms with Crippen LogP contribution in [0.15, 0.2) is 67.0 Å². The van der Waals surface area contributed by atoms with E-state index in [1.807, 2.05) is 37.3 Å². The average Bonchev–Trinajstić information content (AvgIpc) is 3.16. The summed E-state index contributed by atoms with van der Waals surface area (Å²) in [7, 11) is 0. The van der Waals surface area contributed by atoms with Gasteiger partial charge in [-0.2, -0.15) is 5.10 Å². The van der Waals surface area contributed by atoms with Crippen LogP contribution in [0, 0.1) is 0 Å². The summed E-state index contributed by atoms with van der Waals surface area (Å²) in [6.45, 7) is 1.90. The van der Waals surface area contributed by atoms with Crippen LogP contribution >= 0.6 is 0 Å². The Morgan fingerprint density at radius 2 is 1.80 bits per heavy atom. The lowest BCUT2D eigenvalue weighted by atomic mass is 10.1. The molecule has 1 atom stereocenters. The Labute approximate surface area is 171 Å². The number of rotatable bonds is 5. The van der Waals surface area contributed by atoms with Crippen LogP contribution in [0.4, 0.5) is 16.4 Å². The molecule has 4 aromatic rings. The van der Waals surface area contributed by atoms with Crippen molar-refractivity contribution >= 4 is 34.5 Å². The molecule has 0 spiro atoms. The van der Waals surface area contributed by atoms with Gasteiger partial charge in [0.25, 0.3) is 5.91 Å². The zero-order valence-corrected chi connectivity index (χ0v) is 16.1. The standard InChI is InChI=1S/C21H19N7O2/c1-13(14-7-3-2-4-8-14)24-21(30)25-18-11-17-15(12-23-18)19(28-27-17)26-20(29)16-9-5-6-10-22-16/h2-13H,1H3,(H2,23,24,25,30)(H2,26,27,28,29)/t13-/m1/s1. The second kappa shape index (κ2) is 8.39. The maximum atomic E-state index is 12.3. The van der Waals surface area contributed by atoms with Crippen LogP contribution in [0.1, 0.15) is 29.0 Å². The lowest BCUT2D eigenvalue weighted by Crippen LogP contribution is -2.31. The zero-order valence-electron chi connectivity index (χ0n) is 16.1. The number of urea groups is 1. The summed E-state index contributed by atoms with van der Waals surface area (Å²) in [6, 6.07) is 15.8. The number of amides is 3. The van der Waals surface area contributed by atoms with Crippen molar-refractivity contribution in [3.63, 3.8) is 0 Å². The van der Waals surface area contributed by atoms with Gasteiger partial charge in [-0.15, -0.1) is 0 Å². The van der Waals surface area contributed by atoms with Gasteiger partial charge in [0, 0.05) is 18.5 Å². The molecule has 0 saturated heterocycles. The number of pyridine rings is 2. The van der Waals surface area contributed by atoms with E-state index in [2.05, 4.69) is 36.1 Å². The first-order valence-corrected chi connectivity index (χ1v) is 9.29. The highest BCUT2D eigenvalue weighted by atomic mass is 16.2. The predicted molar refractivity (Wildman–Crippen MR) is 113 cm³/mol. The maximum Gasteiger partial charge on any atom is 0.320 e. The number of aromatic nitrogens is 4. The minimum Gasteiger partial charge on any atom is -0.331 e. The van der Waals surface area contributed by atoms with Crippen LogP contribution in [-0.4, -0.2) is 32.1 Å². The van der Waals surface area contributed by atoms with Crippen molar-refractivity contribution in [2.45, 2.75) is 13.0 Å². The van der Waals surface area contributed by atoms with Crippen molar-refractivity contribution < 1.29 is 9.59 Å². The lowest BCUT2D eigenvalue weighted by molar-refractivity contribution is 0.102. The van der Waals surface area contributed by atoms with Gasteiger partial charge in [-0.1, -0.05) is 36.4 Å². The van der Waals surface area contributed by atoms with Crippen molar-refractivity contribution in [1.29, 1.82) is 0 Å². The molecule has 30 heavy (non-hydrogen) atoms. The molecule has 3 heterocycles. The Balaban J connectivity index is 1.43. The van der Waals surface area contributed by atoms with Crippen LogP contribution in [0.2, 0.25) is 0 Å². The fourth-order valence-electron chi connectivity index (χ4n) is 2.92. The normalized spacial score (nSPS) is 11.6. The fourth-order valence-corrected chi connectivity index (χ4v) is 2.92. The number of nitrogens with one attached hydrogen (secondary N) is 4. The van der Waals surface area contributed by atoms with Crippen molar-refractivity contribution in [3.8, 4) is 0 Å². The second-order valence-corrected chi connectivity index (χ2v) is 6.59. The number of fused-ring (bicyclic) bond motifs is 1. The first-order valence-electron chi connectivity index (χ1n) is 9.29. The van der Waals surface area contributed by atoms with Crippen LogP contribution in [-0.2, 0) is 0 Å². The second-order valence-electron chi connectivity index (χ2n) is 6.59. The molecular weight excluding hydrogens is 382 g/mol. The van der Waals surface area contributed by atoms with Gasteiger partial charge in [0.15, 0.2) is 5.82 Å². The molecular formula is C21H19N7O2. The number of hydrogen-bond acceptors (Lipinski definition) is 5. The molecule has 4 N–H and O–H groups in total. The fraction of sp³-hybridized carbons (Fsp3) is 0.0952. The maximum absolute atomic E-state index is 12.3. The summed E-state index contributed by atoms with van der Waals surface area (Å²) in [4.78, 5) is 32.8. The largest absolute Gasteiger partial charge is 0.331 e. The number of aromatic amines is 1. The monoisotopic (exact) mass is 401 g/mol. The van der Waals surface area contributed by atoms with Gasteiger partial charge >= 0.3 is 6.03 Å². The molecule has 0 aliphatic heterocycles. The molecule has 1 aromatic carbocycles. The summed E-state index contributed by atoms with van der Waals surface area (Å²) in [5.74, 6) is 0.314. The van der Waals surface area contributed by atoms with E-state index in [4.69, 9.17) is 0 Å². The molecule has 9 nitrogen and oxygen atoms in total. The Kier molecular flexibility index (Phi) is 5.33. The third kappa shape index (κ3) is 4.25. The number of carbonyl (C=O) groups excluding carboxylic acids is 2. The molecule has 0 radical (unpaired) electrons. The summed E-state index contributed by atoms with van der Waals surface area (Å²) >= 11 is 0. The Morgan fingerprint density at radius 1 is 1.00 bits per heavy atom. The quantitative estimate of drug-likeness (QED) is 0.407. The van der Waals surface area contributed by atoms with Gasteiger partial charge in [-0.05, 0) is 24.6 Å². The molecule has 3 aromatic heterocycles. The number of H-pyrrole nitrogens is 1. The first kappa shape index (κ1) is 19.1. The molecule has 0 fully saturated rings. The first-order chi connectivity index (χ1) is 14.6. The molecule has 3 amide bonds. The molecule has 0 aliphatic rings. The van der Waals surface area contributed by atoms with E-state index in [1.54, 1.807) is 30.5 Å². The average molecular weight is 401 g/mol. The van der Waals surface area contributed by atoms with E-state index in [9.17, 15) is 9.59 Å². The van der Waals surface area contributed by atoms with Crippen molar-refractivity contribution in [1.82, 2.24) is 25.5 Å². The molecule has 0 saturated carbocycles. The number of anilines is 2. The zero-order chi connectivity index (χ0) is 20.9. The Bertz CT molecular complexity index is 1180. The van der Waals surface area contributed by atoms with Crippen molar-refractivity contribution in [2.24, 2.45) is 0 Å². The summed E-state index contributed by atoms with van der Waals surface area (Å²) in [6.07, 6.45) is 3.07. The van der Waals surface area contributed by atoms with Crippen LogP contribution < -0.4 is 16.0 Å². The van der Waals surface area contributed by atoms with E-state index < -0.39 is 0 Å². The Hall–Kier alpha value is -4.27. The minimum atomic E-state index is -0.375. The third-order valence-corrected chi connectivity index (χ3v) is 4.47.